The first kappa shape index (κ1) is 6.64. The van der Waals surface area contributed by atoms with Crippen LogP contribution < -0.4 is 0 Å². The van der Waals surface area contributed by atoms with E-state index in [0.29, 0.717) is 6.61 Å². The maximum Gasteiger partial charge on any atom is 0.142 e. The van der Waals surface area contributed by atoms with Crippen LogP contribution in [0.2, 0.25) is 0 Å². The van der Waals surface area contributed by atoms with Gasteiger partial charge in [-0.2, -0.15) is 0 Å². The van der Waals surface area contributed by atoms with Crippen LogP contribution in [0.5, 0.6) is 0 Å². The van der Waals surface area contributed by atoms with E-state index in [9.17, 15) is 5.11 Å². The molecule has 2 aliphatic rings. The minimum absolute atomic E-state index is 0.0498. The molecule has 0 saturated carbocycles. The van der Waals surface area contributed by atoms with E-state index in [1.807, 2.05) is 14.8 Å². The van der Waals surface area contributed by atoms with Crippen LogP contribution in [0.25, 0.3) is 0 Å². The van der Waals surface area contributed by atoms with Crippen molar-refractivity contribution in [2.75, 3.05) is 6.61 Å². The summed E-state index contributed by atoms with van der Waals surface area (Å²) in [5.41, 5.74) is -0.427. The third kappa shape index (κ3) is 0.616. The second kappa shape index (κ2) is 1.75. The van der Waals surface area contributed by atoms with Gasteiger partial charge in [0.25, 0.3) is 0 Å². The van der Waals surface area contributed by atoms with Gasteiger partial charge in [0.1, 0.15) is 25.7 Å². The van der Waals surface area contributed by atoms with Gasteiger partial charge < -0.3 is 14.6 Å². The predicted molar refractivity (Wildman–Crippen MR) is 37.6 cm³/mol. The highest BCUT2D eigenvalue weighted by atomic mass is 16.6. The van der Waals surface area contributed by atoms with Crippen molar-refractivity contribution in [1.29, 1.82) is 0 Å². The van der Waals surface area contributed by atoms with Crippen LogP contribution >= 0.6 is 0 Å². The number of fused-ring (bicyclic) bond motifs is 2. The summed E-state index contributed by atoms with van der Waals surface area (Å²) in [4.78, 5) is 0. The third-order valence-corrected chi connectivity index (χ3v) is 2.42. The molecular weight excluding hydrogens is 131 g/mol. The summed E-state index contributed by atoms with van der Waals surface area (Å²) in [6.45, 7) is 2.42. The van der Waals surface area contributed by atoms with Crippen LogP contribution in [0.1, 0.15) is 6.92 Å². The van der Waals surface area contributed by atoms with Gasteiger partial charge in [0.15, 0.2) is 0 Å². The molecule has 2 aliphatic heterocycles. The summed E-state index contributed by atoms with van der Waals surface area (Å²) >= 11 is 0. The Bertz CT molecular complexity index is 163. The molecule has 10 heavy (non-hydrogen) atoms. The lowest BCUT2D eigenvalue weighted by Gasteiger charge is -2.24. The Hall–Kier alpha value is -0.0551. The van der Waals surface area contributed by atoms with Crippen molar-refractivity contribution in [3.63, 3.8) is 0 Å². The summed E-state index contributed by atoms with van der Waals surface area (Å²) in [6.07, 6.45) is -0.521. The van der Waals surface area contributed by atoms with Gasteiger partial charge in [-0.05, 0) is 6.92 Å². The van der Waals surface area contributed by atoms with E-state index in [0.717, 1.165) is 0 Å². The van der Waals surface area contributed by atoms with E-state index in [4.69, 9.17) is 9.47 Å². The van der Waals surface area contributed by atoms with Gasteiger partial charge in [0.2, 0.25) is 0 Å². The molecule has 0 aromatic heterocycles. The van der Waals surface area contributed by atoms with Gasteiger partial charge in [-0.15, -0.1) is 0 Å². The molecule has 2 rings (SSSR count). The van der Waals surface area contributed by atoms with Gasteiger partial charge in [-0.1, -0.05) is 0 Å². The minimum atomic E-state index is -0.428. The summed E-state index contributed by atoms with van der Waals surface area (Å²) in [5, 5.41) is 9.51. The van der Waals surface area contributed by atoms with Gasteiger partial charge in [-0.25, -0.2) is 0 Å². The molecule has 2 fully saturated rings. The molecule has 2 bridgehead atoms. The fraction of sp³-hybridized carbons (Fsp3) is 1.00. The zero-order valence-electron chi connectivity index (χ0n) is 6.20. The molecular formula is C6H11BO3. The van der Waals surface area contributed by atoms with Crippen molar-refractivity contribution in [1.82, 2.24) is 0 Å². The molecule has 0 spiro atoms. The SMILES string of the molecule is B[C@@H]1O[C@@]2(C)COC1C2O. The highest BCUT2D eigenvalue weighted by molar-refractivity contribution is 6.11. The van der Waals surface area contributed by atoms with E-state index in [-0.39, 0.29) is 12.1 Å². The Labute approximate surface area is 60.7 Å². The lowest BCUT2D eigenvalue weighted by molar-refractivity contribution is -0.107. The Morgan fingerprint density at radius 3 is 2.60 bits per heavy atom. The Morgan fingerprint density at radius 1 is 1.70 bits per heavy atom. The summed E-state index contributed by atoms with van der Waals surface area (Å²) in [6, 6.07) is 0.0498. The fourth-order valence-corrected chi connectivity index (χ4v) is 1.77. The Morgan fingerprint density at radius 2 is 2.40 bits per heavy atom. The standard InChI is InChI=1S/C6H11BO3/c1-6-2-9-3(4(6)8)5(7)10-6/h3-5,8H,2,7H2,1H3/t3?,4?,5-,6+/m1/s1. The van der Waals surface area contributed by atoms with E-state index in [1.54, 1.807) is 0 Å². The number of aliphatic hydroxyl groups is 1. The normalized spacial score (nSPS) is 59.6. The first-order valence-corrected chi connectivity index (χ1v) is 3.61. The maximum atomic E-state index is 9.51. The topological polar surface area (TPSA) is 38.7 Å². The number of aliphatic hydroxyl groups excluding tert-OH is 1. The number of ether oxygens (including phenoxy) is 2. The average Bonchev–Trinajstić information content (AvgIpc) is 2.20. The van der Waals surface area contributed by atoms with Crippen LogP contribution in [0.3, 0.4) is 0 Å². The van der Waals surface area contributed by atoms with Crippen LogP contribution in [-0.4, -0.2) is 43.4 Å². The van der Waals surface area contributed by atoms with Crippen LogP contribution in [0.4, 0.5) is 0 Å². The van der Waals surface area contributed by atoms with E-state index >= 15 is 0 Å². The second-order valence-corrected chi connectivity index (χ2v) is 3.36. The molecule has 0 radical (unpaired) electrons. The van der Waals surface area contributed by atoms with E-state index in [1.165, 1.54) is 0 Å². The monoisotopic (exact) mass is 142 g/mol. The third-order valence-electron chi connectivity index (χ3n) is 2.42. The van der Waals surface area contributed by atoms with Gasteiger partial charge in [0.05, 0.1) is 12.6 Å². The van der Waals surface area contributed by atoms with Crippen molar-refractivity contribution < 1.29 is 14.6 Å². The lowest BCUT2D eigenvalue weighted by atomic mass is 9.92. The van der Waals surface area contributed by atoms with Crippen molar-refractivity contribution in [3.8, 4) is 0 Å². The molecule has 4 heteroatoms. The molecule has 2 saturated heterocycles. The smallest absolute Gasteiger partial charge is 0.142 e. The van der Waals surface area contributed by atoms with E-state index in [2.05, 4.69) is 0 Å². The number of hydrogen-bond donors (Lipinski definition) is 1. The predicted octanol–water partition coefficient (Wildman–Crippen LogP) is -1.51. The molecule has 4 atom stereocenters. The lowest BCUT2D eigenvalue weighted by Crippen LogP contribution is -2.37. The second-order valence-electron chi connectivity index (χ2n) is 3.36. The molecule has 2 unspecified atom stereocenters. The van der Waals surface area contributed by atoms with Gasteiger partial charge in [0, 0.05) is 0 Å². The summed E-state index contributed by atoms with van der Waals surface area (Å²) < 4.78 is 10.8. The highest BCUT2D eigenvalue weighted by Crippen LogP contribution is 2.38. The highest BCUT2D eigenvalue weighted by Gasteiger charge is 2.56. The van der Waals surface area contributed by atoms with Gasteiger partial charge >= 0.3 is 0 Å². The van der Waals surface area contributed by atoms with Gasteiger partial charge in [-0.3, -0.25) is 0 Å². The van der Waals surface area contributed by atoms with Crippen molar-refractivity contribution in [3.05, 3.63) is 0 Å². The van der Waals surface area contributed by atoms with Crippen LogP contribution in [0.15, 0.2) is 0 Å². The minimum Gasteiger partial charge on any atom is -0.387 e. The summed E-state index contributed by atoms with van der Waals surface area (Å²) in [5.74, 6) is 0. The van der Waals surface area contributed by atoms with Crippen LogP contribution in [-0.2, 0) is 9.47 Å². The largest absolute Gasteiger partial charge is 0.387 e. The molecule has 3 nitrogen and oxygen atoms in total. The van der Waals surface area contributed by atoms with Crippen molar-refractivity contribution in [2.24, 2.45) is 0 Å². The quantitative estimate of drug-likeness (QED) is 0.418. The first-order chi connectivity index (χ1) is 4.63. The zero-order chi connectivity index (χ0) is 7.35. The number of rotatable bonds is 0. The zero-order valence-corrected chi connectivity index (χ0v) is 6.20. The summed E-state index contributed by atoms with van der Waals surface area (Å²) in [7, 11) is 1.93. The molecule has 2 heterocycles. The van der Waals surface area contributed by atoms with Crippen LogP contribution in [0, 0.1) is 0 Å². The van der Waals surface area contributed by atoms with E-state index < -0.39 is 11.7 Å². The molecule has 56 valence electrons. The number of hydrogen-bond acceptors (Lipinski definition) is 3. The average molecular weight is 142 g/mol. The Balaban J connectivity index is 2.26. The Kier molecular flexibility index (Phi) is 1.16. The molecule has 1 N–H and O–H groups in total. The molecule has 0 aliphatic carbocycles. The fourth-order valence-electron chi connectivity index (χ4n) is 1.77. The maximum absolute atomic E-state index is 9.51. The molecule has 0 aromatic carbocycles. The van der Waals surface area contributed by atoms with Crippen molar-refractivity contribution >= 4 is 7.85 Å². The molecule has 0 amide bonds. The first-order valence-electron chi connectivity index (χ1n) is 3.61. The molecule has 0 aromatic rings. The van der Waals surface area contributed by atoms with Crippen molar-refractivity contribution in [2.45, 2.75) is 30.7 Å².